The zero-order valence-electron chi connectivity index (χ0n) is 15.3. The van der Waals surface area contributed by atoms with Crippen LogP contribution in [-0.2, 0) is 16.4 Å². The Morgan fingerprint density at radius 3 is 2.70 bits per heavy atom. The van der Waals surface area contributed by atoms with Gasteiger partial charge >= 0.3 is 0 Å². The molecule has 0 fully saturated rings. The Balaban J connectivity index is 1.65. The largest absolute Gasteiger partial charge is 0.295 e. The molecule has 0 bridgehead atoms. The Labute approximate surface area is 162 Å². The molecule has 142 valence electrons. The summed E-state index contributed by atoms with van der Waals surface area (Å²) in [5, 5.41) is 7.06. The summed E-state index contributed by atoms with van der Waals surface area (Å²) in [5.74, 6) is -0.175. The first kappa shape index (κ1) is 19.4. The summed E-state index contributed by atoms with van der Waals surface area (Å²) >= 11 is 1.46. The van der Waals surface area contributed by atoms with E-state index in [4.69, 9.17) is 0 Å². The molecule has 0 saturated heterocycles. The van der Waals surface area contributed by atoms with Crippen molar-refractivity contribution in [2.45, 2.75) is 32.1 Å². The SMILES string of the molecule is CC(=O)c1cccc(S(=O)(=O)NCCc2csc(-n3nc(C)cc3C)n2)c1. The summed E-state index contributed by atoms with van der Waals surface area (Å²) in [6, 6.07) is 7.99. The molecule has 3 rings (SSSR count). The van der Waals surface area contributed by atoms with Crippen molar-refractivity contribution < 1.29 is 13.2 Å². The number of ketones is 1. The van der Waals surface area contributed by atoms with Crippen molar-refractivity contribution in [3.63, 3.8) is 0 Å². The van der Waals surface area contributed by atoms with Gasteiger partial charge in [0, 0.05) is 29.6 Å². The van der Waals surface area contributed by atoms with Gasteiger partial charge in [0.2, 0.25) is 15.2 Å². The van der Waals surface area contributed by atoms with Gasteiger partial charge in [-0.3, -0.25) is 4.79 Å². The Morgan fingerprint density at radius 2 is 2.04 bits per heavy atom. The summed E-state index contributed by atoms with van der Waals surface area (Å²) in [4.78, 5) is 16.0. The van der Waals surface area contributed by atoms with E-state index in [1.165, 1.54) is 30.4 Å². The van der Waals surface area contributed by atoms with Gasteiger partial charge in [0.05, 0.1) is 16.3 Å². The molecule has 0 aliphatic carbocycles. The Hall–Kier alpha value is -2.36. The van der Waals surface area contributed by atoms with Crippen LogP contribution in [0.5, 0.6) is 0 Å². The smallest absolute Gasteiger partial charge is 0.240 e. The second kappa shape index (κ2) is 7.71. The minimum atomic E-state index is -3.68. The number of hydrogen-bond donors (Lipinski definition) is 1. The highest BCUT2D eigenvalue weighted by atomic mass is 32.2. The molecular weight excluding hydrogens is 384 g/mol. The average Bonchev–Trinajstić information content (AvgIpc) is 3.20. The highest BCUT2D eigenvalue weighted by molar-refractivity contribution is 7.89. The summed E-state index contributed by atoms with van der Waals surface area (Å²) in [7, 11) is -3.68. The molecule has 7 nitrogen and oxygen atoms in total. The summed E-state index contributed by atoms with van der Waals surface area (Å²) < 4.78 is 29.2. The number of rotatable bonds is 7. The van der Waals surface area contributed by atoms with Crippen LogP contribution in [0.2, 0.25) is 0 Å². The lowest BCUT2D eigenvalue weighted by Crippen LogP contribution is -2.26. The molecule has 1 aromatic carbocycles. The van der Waals surface area contributed by atoms with Gasteiger partial charge in [0.1, 0.15) is 0 Å². The third kappa shape index (κ3) is 4.49. The van der Waals surface area contributed by atoms with Crippen molar-refractivity contribution in [3.8, 4) is 5.13 Å². The Bertz CT molecular complexity index is 1080. The van der Waals surface area contributed by atoms with Gasteiger partial charge < -0.3 is 0 Å². The maximum atomic E-state index is 12.4. The van der Waals surface area contributed by atoms with Crippen LogP contribution in [0.1, 0.15) is 34.4 Å². The lowest BCUT2D eigenvalue weighted by Gasteiger charge is -2.07. The van der Waals surface area contributed by atoms with Gasteiger partial charge in [0.15, 0.2) is 5.78 Å². The fraction of sp³-hybridized carbons (Fsp3) is 0.278. The van der Waals surface area contributed by atoms with Crippen molar-refractivity contribution in [1.29, 1.82) is 0 Å². The van der Waals surface area contributed by atoms with Crippen LogP contribution in [-0.4, -0.2) is 35.5 Å². The number of hydrogen-bond acceptors (Lipinski definition) is 6. The van der Waals surface area contributed by atoms with Gasteiger partial charge in [-0.05, 0) is 39.0 Å². The number of nitrogens with one attached hydrogen (secondary N) is 1. The van der Waals surface area contributed by atoms with Gasteiger partial charge in [-0.1, -0.05) is 12.1 Å². The molecule has 2 heterocycles. The van der Waals surface area contributed by atoms with E-state index in [1.807, 2.05) is 25.3 Å². The van der Waals surface area contributed by atoms with Crippen molar-refractivity contribution in [2.75, 3.05) is 6.54 Å². The average molecular weight is 405 g/mol. The number of nitrogens with zero attached hydrogens (tertiary/aromatic N) is 3. The van der Waals surface area contributed by atoms with Crippen LogP contribution in [0.3, 0.4) is 0 Å². The Morgan fingerprint density at radius 1 is 1.26 bits per heavy atom. The maximum Gasteiger partial charge on any atom is 0.240 e. The Kier molecular flexibility index (Phi) is 5.54. The molecule has 0 aliphatic rings. The van der Waals surface area contributed by atoms with Crippen LogP contribution >= 0.6 is 11.3 Å². The molecule has 0 unspecified atom stereocenters. The van der Waals surface area contributed by atoms with Crippen LogP contribution in [0, 0.1) is 13.8 Å². The number of thiazole rings is 1. The molecule has 2 aromatic heterocycles. The fourth-order valence-corrected chi connectivity index (χ4v) is 4.55. The predicted octanol–water partition coefficient (Wildman–Crippen LogP) is 2.67. The van der Waals surface area contributed by atoms with Crippen molar-refractivity contribution >= 4 is 27.1 Å². The zero-order chi connectivity index (χ0) is 19.6. The summed E-state index contributed by atoms with van der Waals surface area (Å²) in [6.07, 6.45) is 0.460. The van der Waals surface area contributed by atoms with Gasteiger partial charge in [0.25, 0.3) is 0 Å². The van der Waals surface area contributed by atoms with Gasteiger partial charge in [-0.15, -0.1) is 11.3 Å². The van der Waals surface area contributed by atoms with E-state index < -0.39 is 10.0 Å². The number of carbonyl (C=O) groups is 1. The quantitative estimate of drug-likeness (QED) is 0.611. The summed E-state index contributed by atoms with van der Waals surface area (Å²) in [6.45, 7) is 5.51. The number of aromatic nitrogens is 3. The number of sulfonamides is 1. The first-order valence-electron chi connectivity index (χ1n) is 8.35. The predicted molar refractivity (Wildman–Crippen MR) is 104 cm³/mol. The van der Waals surface area contributed by atoms with E-state index in [1.54, 1.807) is 16.8 Å². The van der Waals surface area contributed by atoms with Crippen molar-refractivity contribution in [2.24, 2.45) is 0 Å². The first-order valence-corrected chi connectivity index (χ1v) is 10.7. The van der Waals surface area contributed by atoms with E-state index >= 15 is 0 Å². The number of aryl methyl sites for hydroxylation is 2. The summed E-state index contributed by atoms with van der Waals surface area (Å²) in [5.41, 5.74) is 3.08. The van der Waals surface area contributed by atoms with Crippen LogP contribution in [0.25, 0.3) is 5.13 Å². The third-order valence-electron chi connectivity index (χ3n) is 3.95. The van der Waals surface area contributed by atoms with Gasteiger partial charge in [-0.25, -0.2) is 22.8 Å². The van der Waals surface area contributed by atoms with E-state index in [9.17, 15) is 13.2 Å². The van der Waals surface area contributed by atoms with E-state index in [0.29, 0.717) is 12.0 Å². The molecule has 0 aliphatic heterocycles. The van der Waals surface area contributed by atoms with Crippen LogP contribution in [0.4, 0.5) is 0 Å². The fourth-order valence-electron chi connectivity index (χ4n) is 2.61. The highest BCUT2D eigenvalue weighted by Gasteiger charge is 2.15. The number of benzene rings is 1. The number of carbonyl (C=O) groups excluding carboxylic acids is 1. The molecule has 0 saturated carbocycles. The van der Waals surface area contributed by atoms with E-state index in [-0.39, 0.29) is 17.2 Å². The van der Waals surface area contributed by atoms with Crippen LogP contribution < -0.4 is 4.72 Å². The molecule has 0 amide bonds. The topological polar surface area (TPSA) is 94.0 Å². The van der Waals surface area contributed by atoms with Crippen LogP contribution in [0.15, 0.2) is 40.6 Å². The molecular formula is C18H20N4O3S2. The molecule has 9 heteroatoms. The van der Waals surface area contributed by atoms with Crippen molar-refractivity contribution in [1.82, 2.24) is 19.5 Å². The molecule has 0 radical (unpaired) electrons. The zero-order valence-corrected chi connectivity index (χ0v) is 16.9. The second-order valence-corrected chi connectivity index (χ2v) is 8.80. The van der Waals surface area contributed by atoms with E-state index in [2.05, 4.69) is 14.8 Å². The van der Waals surface area contributed by atoms with E-state index in [0.717, 1.165) is 22.2 Å². The second-order valence-electron chi connectivity index (χ2n) is 6.19. The normalized spacial score (nSPS) is 11.7. The lowest BCUT2D eigenvalue weighted by molar-refractivity contribution is 0.101. The maximum absolute atomic E-state index is 12.4. The van der Waals surface area contributed by atoms with Crippen molar-refractivity contribution in [3.05, 3.63) is 58.4 Å². The minimum Gasteiger partial charge on any atom is -0.295 e. The standard InChI is InChI=1S/C18H20N4O3S2/c1-12-9-13(2)22(21-12)18-20-16(11-26-18)7-8-19-27(24,25)17-6-4-5-15(10-17)14(3)23/h4-6,9-11,19H,7-8H2,1-3H3. The molecule has 3 aromatic rings. The minimum absolute atomic E-state index is 0.0804. The van der Waals surface area contributed by atoms with Gasteiger partial charge in [-0.2, -0.15) is 5.10 Å². The third-order valence-corrected chi connectivity index (χ3v) is 6.28. The lowest BCUT2D eigenvalue weighted by atomic mass is 10.2. The number of Topliss-reactive ketones (excluding diaryl/α,β-unsaturated/α-hetero) is 1. The molecule has 27 heavy (non-hydrogen) atoms. The first-order chi connectivity index (χ1) is 12.8. The monoisotopic (exact) mass is 404 g/mol. The molecule has 0 spiro atoms. The molecule has 0 atom stereocenters. The highest BCUT2D eigenvalue weighted by Crippen LogP contribution is 2.17. The molecule has 1 N–H and O–H groups in total.